The molecular weight excluding hydrogens is 188 g/mol. The van der Waals surface area contributed by atoms with Crippen LogP contribution in [0.5, 0.6) is 0 Å². The average Bonchev–Trinajstić information content (AvgIpc) is 2.24. The Morgan fingerprint density at radius 2 is 1.57 bits per heavy atom. The van der Waals surface area contributed by atoms with Gasteiger partial charge in [0.05, 0.1) is 6.26 Å². The SMILES string of the molecule is CCCC/C=C/O[Si](CC)(CC)CC. The first-order chi connectivity index (χ1) is 6.74. The molecule has 0 aliphatic rings. The predicted molar refractivity (Wildman–Crippen MR) is 66.9 cm³/mol. The van der Waals surface area contributed by atoms with Crippen molar-refractivity contribution in [3.63, 3.8) is 0 Å². The Bertz CT molecular complexity index is 142. The lowest BCUT2D eigenvalue weighted by Gasteiger charge is -2.26. The lowest BCUT2D eigenvalue weighted by atomic mass is 10.2. The molecule has 0 bridgehead atoms. The molecule has 2 heteroatoms. The van der Waals surface area contributed by atoms with E-state index in [1.165, 1.54) is 31.0 Å². The summed E-state index contributed by atoms with van der Waals surface area (Å²) in [4.78, 5) is 0. The van der Waals surface area contributed by atoms with Crippen LogP contribution in [0.4, 0.5) is 0 Å². The van der Waals surface area contributed by atoms with E-state index in [9.17, 15) is 0 Å². The molecule has 0 rings (SSSR count). The standard InChI is InChI=1S/C12H26OSi/c1-5-9-10-11-12-13-14(6-2,7-3)8-4/h11-12H,5-10H2,1-4H3/b12-11+. The van der Waals surface area contributed by atoms with Crippen molar-refractivity contribution in [2.45, 2.75) is 65.1 Å². The van der Waals surface area contributed by atoms with Crippen LogP contribution in [0, 0.1) is 0 Å². The van der Waals surface area contributed by atoms with Crippen molar-refractivity contribution in [1.29, 1.82) is 0 Å². The quantitative estimate of drug-likeness (QED) is 0.323. The maximum Gasteiger partial charge on any atom is 0.249 e. The molecule has 0 amide bonds. The molecule has 0 fully saturated rings. The monoisotopic (exact) mass is 214 g/mol. The Morgan fingerprint density at radius 1 is 1.00 bits per heavy atom. The van der Waals surface area contributed by atoms with Crippen LogP contribution in [0.15, 0.2) is 12.3 Å². The first-order valence-corrected chi connectivity index (χ1v) is 8.60. The van der Waals surface area contributed by atoms with Crippen molar-refractivity contribution in [2.75, 3.05) is 0 Å². The summed E-state index contributed by atoms with van der Waals surface area (Å²) in [5.74, 6) is 0. The number of hydrogen-bond acceptors (Lipinski definition) is 1. The van der Waals surface area contributed by atoms with Gasteiger partial charge in [-0.25, -0.2) is 0 Å². The molecule has 0 atom stereocenters. The molecule has 0 saturated heterocycles. The van der Waals surface area contributed by atoms with Crippen LogP contribution in [-0.2, 0) is 4.43 Å². The van der Waals surface area contributed by atoms with E-state index in [1.807, 2.05) is 6.26 Å². The zero-order valence-electron chi connectivity index (χ0n) is 10.3. The van der Waals surface area contributed by atoms with Gasteiger partial charge in [-0.15, -0.1) is 0 Å². The number of allylic oxidation sites excluding steroid dienone is 1. The molecule has 0 aliphatic heterocycles. The molecule has 1 nitrogen and oxygen atoms in total. The van der Waals surface area contributed by atoms with Crippen molar-refractivity contribution in [1.82, 2.24) is 0 Å². The molecule has 0 aromatic carbocycles. The second kappa shape index (κ2) is 8.10. The summed E-state index contributed by atoms with van der Waals surface area (Å²) in [5.41, 5.74) is 0. The Balaban J connectivity index is 3.86. The molecule has 14 heavy (non-hydrogen) atoms. The molecule has 84 valence electrons. The predicted octanol–water partition coefficient (Wildman–Crippen LogP) is 4.71. The summed E-state index contributed by atoms with van der Waals surface area (Å²) in [6, 6.07) is 3.70. The number of hydrogen-bond donors (Lipinski definition) is 0. The van der Waals surface area contributed by atoms with Crippen LogP contribution in [0.2, 0.25) is 18.1 Å². The van der Waals surface area contributed by atoms with Gasteiger partial charge in [-0.1, -0.05) is 40.2 Å². The summed E-state index contributed by atoms with van der Waals surface area (Å²) in [6.45, 7) is 9.01. The van der Waals surface area contributed by atoms with E-state index in [4.69, 9.17) is 4.43 Å². The summed E-state index contributed by atoms with van der Waals surface area (Å²) < 4.78 is 5.98. The molecule has 0 spiro atoms. The zero-order chi connectivity index (χ0) is 10.9. The van der Waals surface area contributed by atoms with Gasteiger partial charge in [0, 0.05) is 0 Å². The number of rotatable bonds is 8. The topological polar surface area (TPSA) is 9.23 Å². The minimum atomic E-state index is -1.36. The van der Waals surface area contributed by atoms with Crippen LogP contribution in [0.1, 0.15) is 47.0 Å². The van der Waals surface area contributed by atoms with Crippen LogP contribution >= 0.6 is 0 Å². The largest absolute Gasteiger partial charge is 0.549 e. The third-order valence-electron chi connectivity index (χ3n) is 3.07. The highest BCUT2D eigenvalue weighted by Gasteiger charge is 2.28. The smallest absolute Gasteiger partial charge is 0.249 e. The second-order valence-corrected chi connectivity index (χ2v) is 8.60. The second-order valence-electron chi connectivity index (χ2n) is 3.88. The summed E-state index contributed by atoms with van der Waals surface area (Å²) in [5, 5.41) is 0. The van der Waals surface area contributed by atoms with E-state index in [1.54, 1.807) is 0 Å². The molecular formula is C12H26OSi. The first-order valence-electron chi connectivity index (χ1n) is 6.07. The van der Waals surface area contributed by atoms with E-state index in [0.29, 0.717) is 0 Å². The van der Waals surface area contributed by atoms with Gasteiger partial charge in [-0.05, 0) is 31.0 Å². The van der Waals surface area contributed by atoms with Crippen LogP contribution in [0.25, 0.3) is 0 Å². The Morgan fingerprint density at radius 3 is 2.00 bits per heavy atom. The molecule has 0 unspecified atom stereocenters. The van der Waals surface area contributed by atoms with Gasteiger partial charge < -0.3 is 4.43 Å². The summed E-state index contributed by atoms with van der Waals surface area (Å²) >= 11 is 0. The van der Waals surface area contributed by atoms with Crippen molar-refractivity contribution in [2.24, 2.45) is 0 Å². The average molecular weight is 214 g/mol. The van der Waals surface area contributed by atoms with Gasteiger partial charge in [0.25, 0.3) is 0 Å². The summed E-state index contributed by atoms with van der Waals surface area (Å²) in [6.07, 6.45) is 7.86. The van der Waals surface area contributed by atoms with Crippen molar-refractivity contribution in [3.05, 3.63) is 12.3 Å². The van der Waals surface area contributed by atoms with Crippen LogP contribution < -0.4 is 0 Å². The van der Waals surface area contributed by atoms with Gasteiger partial charge in [-0.2, -0.15) is 0 Å². The highest BCUT2D eigenvalue weighted by molar-refractivity contribution is 6.73. The van der Waals surface area contributed by atoms with E-state index in [2.05, 4.69) is 33.8 Å². The normalized spacial score (nSPS) is 12.3. The van der Waals surface area contributed by atoms with Gasteiger partial charge in [0.2, 0.25) is 8.32 Å². The fourth-order valence-electron chi connectivity index (χ4n) is 1.58. The zero-order valence-corrected chi connectivity index (χ0v) is 11.3. The molecule has 0 aromatic heterocycles. The lowest BCUT2D eigenvalue weighted by Crippen LogP contribution is -2.33. The highest BCUT2D eigenvalue weighted by Crippen LogP contribution is 2.21. The van der Waals surface area contributed by atoms with Crippen LogP contribution in [-0.4, -0.2) is 8.32 Å². The van der Waals surface area contributed by atoms with E-state index < -0.39 is 8.32 Å². The molecule has 0 saturated carbocycles. The minimum absolute atomic E-state index is 1.16. The Kier molecular flexibility index (Phi) is 7.96. The highest BCUT2D eigenvalue weighted by atomic mass is 28.4. The third kappa shape index (κ3) is 4.84. The fourth-order valence-corrected chi connectivity index (χ4v) is 3.97. The van der Waals surface area contributed by atoms with Crippen LogP contribution in [0.3, 0.4) is 0 Å². The molecule has 0 aromatic rings. The molecule has 0 radical (unpaired) electrons. The minimum Gasteiger partial charge on any atom is -0.549 e. The van der Waals surface area contributed by atoms with Gasteiger partial charge in [-0.3, -0.25) is 0 Å². The fraction of sp³-hybridized carbons (Fsp3) is 0.833. The van der Waals surface area contributed by atoms with Crippen molar-refractivity contribution >= 4 is 8.32 Å². The maximum atomic E-state index is 5.98. The molecule has 0 N–H and O–H groups in total. The van der Waals surface area contributed by atoms with Gasteiger partial charge in [0.15, 0.2) is 0 Å². The van der Waals surface area contributed by atoms with Gasteiger partial charge >= 0.3 is 0 Å². The van der Waals surface area contributed by atoms with Crippen molar-refractivity contribution in [3.8, 4) is 0 Å². The summed E-state index contributed by atoms with van der Waals surface area (Å²) in [7, 11) is -1.36. The molecule has 0 heterocycles. The Labute approximate surface area is 90.7 Å². The molecule has 0 aliphatic carbocycles. The number of unbranched alkanes of at least 4 members (excludes halogenated alkanes) is 2. The first kappa shape index (κ1) is 13.8. The van der Waals surface area contributed by atoms with E-state index in [0.717, 1.165) is 6.42 Å². The van der Waals surface area contributed by atoms with Gasteiger partial charge in [0.1, 0.15) is 0 Å². The maximum absolute atomic E-state index is 5.98. The van der Waals surface area contributed by atoms with Crippen molar-refractivity contribution < 1.29 is 4.43 Å². The Hall–Kier alpha value is -0.243. The van der Waals surface area contributed by atoms with E-state index in [-0.39, 0.29) is 0 Å². The van der Waals surface area contributed by atoms with E-state index >= 15 is 0 Å². The third-order valence-corrected chi connectivity index (χ3v) is 7.57. The lowest BCUT2D eigenvalue weighted by molar-refractivity contribution is 0.455.